The Morgan fingerprint density at radius 2 is 1.62 bits per heavy atom. The fourth-order valence-electron chi connectivity index (χ4n) is 1.13. The molecule has 1 atom stereocenters. The van der Waals surface area contributed by atoms with E-state index in [0.29, 0.717) is 0 Å². The molecule has 6 nitrogen and oxygen atoms in total. The monoisotopic (exact) mass is 319 g/mol. The zero-order valence-electron chi connectivity index (χ0n) is 14.4. The highest BCUT2D eigenvalue weighted by Gasteiger charge is 2.38. The van der Waals surface area contributed by atoms with Crippen LogP contribution in [0.15, 0.2) is 0 Å². The topological polar surface area (TPSA) is 84.9 Å². The quantitative estimate of drug-likeness (QED) is 0.761. The summed E-state index contributed by atoms with van der Waals surface area (Å²) in [6.07, 6.45) is -0.756. The van der Waals surface area contributed by atoms with Crippen LogP contribution in [-0.2, 0) is 14.0 Å². The van der Waals surface area contributed by atoms with Gasteiger partial charge in [-0.2, -0.15) is 0 Å². The van der Waals surface area contributed by atoms with Crippen molar-refractivity contribution in [2.75, 3.05) is 6.61 Å². The molecular formula is C14H29NO5Si. The molecule has 0 aliphatic heterocycles. The van der Waals surface area contributed by atoms with Crippen molar-refractivity contribution in [3.8, 4) is 0 Å². The highest BCUT2D eigenvalue weighted by atomic mass is 28.4. The fraction of sp³-hybridized carbons (Fsp3) is 0.857. The van der Waals surface area contributed by atoms with Gasteiger partial charge < -0.3 is 19.6 Å². The Kier molecular flexibility index (Phi) is 6.43. The van der Waals surface area contributed by atoms with E-state index in [0.717, 1.165) is 0 Å². The SMILES string of the molecule is CC(C)(C)OC(=O)N[C@H](CO[Si](C)(C)C(C)(C)C)C(=O)O. The number of carboxylic acid groups (broad SMARTS) is 1. The molecule has 0 aromatic heterocycles. The van der Waals surface area contributed by atoms with Crippen LogP contribution in [0.2, 0.25) is 18.1 Å². The van der Waals surface area contributed by atoms with E-state index < -0.39 is 32.0 Å². The van der Waals surface area contributed by atoms with Gasteiger partial charge in [-0.15, -0.1) is 0 Å². The van der Waals surface area contributed by atoms with Crippen molar-refractivity contribution in [1.82, 2.24) is 5.32 Å². The van der Waals surface area contributed by atoms with Crippen LogP contribution in [0, 0.1) is 0 Å². The number of nitrogens with one attached hydrogen (secondary N) is 1. The molecule has 0 aromatic rings. The van der Waals surface area contributed by atoms with Gasteiger partial charge >= 0.3 is 12.1 Å². The molecule has 0 aliphatic carbocycles. The first-order chi connectivity index (χ1) is 9.16. The van der Waals surface area contributed by atoms with Gasteiger partial charge in [0.1, 0.15) is 5.60 Å². The number of carbonyl (C=O) groups excluding carboxylic acids is 1. The molecule has 21 heavy (non-hydrogen) atoms. The van der Waals surface area contributed by atoms with Crippen LogP contribution < -0.4 is 5.32 Å². The van der Waals surface area contributed by atoms with Gasteiger partial charge in [0.25, 0.3) is 0 Å². The van der Waals surface area contributed by atoms with E-state index in [1.807, 2.05) is 13.1 Å². The van der Waals surface area contributed by atoms with E-state index in [1.165, 1.54) is 0 Å². The Hall–Kier alpha value is -1.08. The van der Waals surface area contributed by atoms with Crippen LogP contribution in [0.25, 0.3) is 0 Å². The van der Waals surface area contributed by atoms with Crippen molar-refractivity contribution in [3.63, 3.8) is 0 Å². The van der Waals surface area contributed by atoms with Gasteiger partial charge in [0.15, 0.2) is 14.4 Å². The van der Waals surface area contributed by atoms with Gasteiger partial charge in [-0.05, 0) is 38.9 Å². The van der Waals surface area contributed by atoms with Crippen molar-refractivity contribution in [2.45, 2.75) is 71.3 Å². The van der Waals surface area contributed by atoms with Gasteiger partial charge in [0.2, 0.25) is 0 Å². The second kappa shape index (κ2) is 6.78. The van der Waals surface area contributed by atoms with E-state index in [2.05, 4.69) is 26.1 Å². The average molecular weight is 319 g/mol. The lowest BCUT2D eigenvalue weighted by atomic mass is 10.2. The van der Waals surface area contributed by atoms with Crippen LogP contribution in [0.3, 0.4) is 0 Å². The lowest BCUT2D eigenvalue weighted by Gasteiger charge is -2.36. The number of alkyl carbamates (subject to hydrolysis) is 1. The summed E-state index contributed by atoms with van der Waals surface area (Å²) in [6.45, 7) is 15.3. The highest BCUT2D eigenvalue weighted by molar-refractivity contribution is 6.74. The maximum Gasteiger partial charge on any atom is 0.408 e. The number of carbonyl (C=O) groups is 2. The molecule has 0 radical (unpaired) electrons. The van der Waals surface area contributed by atoms with Gasteiger partial charge in [-0.3, -0.25) is 0 Å². The van der Waals surface area contributed by atoms with Crippen LogP contribution in [0.1, 0.15) is 41.5 Å². The molecular weight excluding hydrogens is 290 g/mol. The zero-order valence-corrected chi connectivity index (χ0v) is 15.4. The van der Waals surface area contributed by atoms with Crippen LogP contribution in [0.5, 0.6) is 0 Å². The third-order valence-electron chi connectivity index (χ3n) is 3.41. The predicted molar refractivity (Wildman–Crippen MR) is 83.9 cm³/mol. The highest BCUT2D eigenvalue weighted by Crippen LogP contribution is 2.36. The summed E-state index contributed by atoms with van der Waals surface area (Å²) in [4.78, 5) is 22.9. The molecule has 0 saturated carbocycles. The van der Waals surface area contributed by atoms with Gasteiger partial charge in [-0.1, -0.05) is 20.8 Å². The summed E-state index contributed by atoms with van der Waals surface area (Å²) < 4.78 is 10.9. The summed E-state index contributed by atoms with van der Waals surface area (Å²) in [5.41, 5.74) is -0.673. The number of carboxylic acids is 1. The van der Waals surface area contributed by atoms with Crippen molar-refractivity contribution in [2.24, 2.45) is 0 Å². The van der Waals surface area contributed by atoms with E-state index >= 15 is 0 Å². The largest absolute Gasteiger partial charge is 0.480 e. The molecule has 0 aliphatic rings. The molecule has 2 N–H and O–H groups in total. The Bertz CT molecular complexity index is 382. The summed E-state index contributed by atoms with van der Waals surface area (Å²) in [7, 11) is -2.07. The zero-order chi connectivity index (χ0) is 17.1. The van der Waals surface area contributed by atoms with Crippen LogP contribution in [-0.4, -0.2) is 43.7 Å². The molecule has 0 heterocycles. The first kappa shape index (κ1) is 19.9. The fourth-order valence-corrected chi connectivity index (χ4v) is 2.15. The third kappa shape index (κ3) is 7.47. The molecule has 0 fully saturated rings. The standard InChI is InChI=1S/C14H29NO5Si/c1-13(2,3)20-12(18)15-10(11(16)17)9-19-21(7,8)14(4,5)6/h10H,9H2,1-8H3,(H,15,18)(H,16,17)/t10-/m1/s1. The Labute approximate surface area is 128 Å². The summed E-state index contributed by atoms with van der Waals surface area (Å²) in [5, 5.41) is 11.5. The van der Waals surface area contributed by atoms with Gasteiger partial charge in [0.05, 0.1) is 6.61 Å². The smallest absolute Gasteiger partial charge is 0.408 e. The molecule has 7 heteroatoms. The average Bonchev–Trinajstić information content (AvgIpc) is 2.19. The maximum atomic E-state index is 11.7. The Morgan fingerprint density at radius 1 is 1.14 bits per heavy atom. The van der Waals surface area contributed by atoms with E-state index in [9.17, 15) is 14.7 Å². The molecule has 0 unspecified atom stereocenters. The first-order valence-electron chi connectivity index (χ1n) is 7.02. The van der Waals surface area contributed by atoms with Crippen molar-refractivity contribution in [3.05, 3.63) is 0 Å². The molecule has 0 rings (SSSR count). The van der Waals surface area contributed by atoms with Crippen molar-refractivity contribution in [1.29, 1.82) is 0 Å². The lowest BCUT2D eigenvalue weighted by Crippen LogP contribution is -2.50. The van der Waals surface area contributed by atoms with Gasteiger partial charge in [-0.25, -0.2) is 9.59 Å². The minimum absolute atomic E-state index is 0.0258. The second-order valence-corrected chi connectivity index (χ2v) is 12.4. The summed E-state index contributed by atoms with van der Waals surface area (Å²) in [5.74, 6) is -1.14. The van der Waals surface area contributed by atoms with Crippen LogP contribution in [0.4, 0.5) is 4.79 Å². The molecule has 124 valence electrons. The molecule has 0 spiro atoms. The number of amides is 1. The number of ether oxygens (including phenoxy) is 1. The molecule has 0 aromatic carbocycles. The Morgan fingerprint density at radius 3 is 1.95 bits per heavy atom. The lowest BCUT2D eigenvalue weighted by molar-refractivity contribution is -0.140. The maximum absolute atomic E-state index is 11.7. The van der Waals surface area contributed by atoms with E-state index in [1.54, 1.807) is 20.8 Å². The predicted octanol–water partition coefficient (Wildman–Crippen LogP) is 2.99. The normalized spacial score (nSPS) is 14.5. The summed E-state index contributed by atoms with van der Waals surface area (Å²) >= 11 is 0. The molecule has 0 saturated heterocycles. The minimum Gasteiger partial charge on any atom is -0.480 e. The van der Waals surface area contributed by atoms with Crippen molar-refractivity contribution < 1.29 is 23.9 Å². The number of hydrogen-bond acceptors (Lipinski definition) is 4. The number of hydrogen-bond donors (Lipinski definition) is 2. The second-order valence-electron chi connectivity index (χ2n) is 7.61. The minimum atomic E-state index is -2.07. The van der Waals surface area contributed by atoms with Gasteiger partial charge in [0, 0.05) is 0 Å². The number of aliphatic carboxylic acids is 1. The van der Waals surface area contributed by atoms with Crippen molar-refractivity contribution >= 4 is 20.4 Å². The molecule has 0 bridgehead atoms. The van der Waals surface area contributed by atoms with Crippen LogP contribution >= 0.6 is 0 Å². The third-order valence-corrected chi connectivity index (χ3v) is 7.91. The van der Waals surface area contributed by atoms with E-state index in [-0.39, 0.29) is 11.6 Å². The molecule has 1 amide bonds. The number of rotatable bonds is 5. The first-order valence-corrected chi connectivity index (χ1v) is 9.93. The Balaban J connectivity index is 4.67. The van der Waals surface area contributed by atoms with E-state index in [4.69, 9.17) is 9.16 Å². The summed E-state index contributed by atoms with van der Waals surface area (Å²) in [6, 6.07) is -1.12.